The quantitative estimate of drug-likeness (QED) is 0.340. The molecule has 4 rings (SSSR count). The minimum atomic E-state index is -0.333. The molecule has 0 aliphatic carbocycles. The van der Waals surface area contributed by atoms with Crippen LogP contribution in [0.4, 0.5) is 5.95 Å². The second-order valence-corrected chi connectivity index (χ2v) is 7.88. The molecule has 1 heterocycles. The fraction of sp³-hybridized carbons (Fsp3) is 0. The van der Waals surface area contributed by atoms with Crippen LogP contribution in [0.2, 0.25) is 10.0 Å². The molecule has 0 radical (unpaired) electrons. The van der Waals surface area contributed by atoms with Crippen molar-refractivity contribution in [1.82, 2.24) is 15.4 Å². The van der Waals surface area contributed by atoms with Gasteiger partial charge in [0.2, 0.25) is 5.95 Å². The first-order valence-corrected chi connectivity index (χ1v) is 10.1. The van der Waals surface area contributed by atoms with Crippen molar-refractivity contribution in [3.8, 4) is 11.3 Å². The number of hydrazine groups is 1. The number of nitrogens with zero attached hydrogens (tertiary/aromatic N) is 2. The Morgan fingerprint density at radius 1 is 0.931 bits per heavy atom. The number of aromatic nitrogens is 2. The first-order valence-electron chi connectivity index (χ1n) is 8.55. The summed E-state index contributed by atoms with van der Waals surface area (Å²) in [6.07, 6.45) is 0. The van der Waals surface area contributed by atoms with Gasteiger partial charge in [-0.05, 0) is 48.5 Å². The molecule has 0 bridgehead atoms. The molecule has 0 atom stereocenters. The van der Waals surface area contributed by atoms with Crippen LogP contribution in [0, 0.1) is 0 Å². The SMILES string of the molecule is O=C(NNc1nc(-c2ccccc2Cl)c2cc(Br)ccc2n1)c1ccc(Cl)cc1. The molecule has 0 aliphatic rings. The Balaban J connectivity index is 1.70. The number of anilines is 1. The Morgan fingerprint density at radius 3 is 2.45 bits per heavy atom. The summed E-state index contributed by atoms with van der Waals surface area (Å²) < 4.78 is 0.902. The number of rotatable bonds is 4. The van der Waals surface area contributed by atoms with Crippen LogP contribution < -0.4 is 10.9 Å². The number of benzene rings is 3. The summed E-state index contributed by atoms with van der Waals surface area (Å²) in [7, 11) is 0. The molecule has 3 aromatic carbocycles. The molecule has 8 heteroatoms. The Labute approximate surface area is 185 Å². The molecule has 0 saturated heterocycles. The number of hydrogen-bond donors (Lipinski definition) is 2. The predicted molar refractivity (Wildman–Crippen MR) is 120 cm³/mol. The summed E-state index contributed by atoms with van der Waals surface area (Å²) in [6.45, 7) is 0. The highest BCUT2D eigenvalue weighted by Gasteiger charge is 2.14. The van der Waals surface area contributed by atoms with Gasteiger partial charge in [-0.15, -0.1) is 0 Å². The van der Waals surface area contributed by atoms with Gasteiger partial charge in [-0.3, -0.25) is 15.6 Å². The first kappa shape index (κ1) is 19.6. The number of amides is 1. The van der Waals surface area contributed by atoms with E-state index in [1.54, 1.807) is 30.3 Å². The number of carbonyl (C=O) groups excluding carboxylic acids is 1. The summed E-state index contributed by atoms with van der Waals surface area (Å²) in [5.74, 6) is -0.0856. The number of halogens is 3. The van der Waals surface area contributed by atoms with Gasteiger partial charge >= 0.3 is 0 Å². The lowest BCUT2D eigenvalue weighted by molar-refractivity contribution is 0.0962. The number of carbonyl (C=O) groups is 1. The maximum Gasteiger partial charge on any atom is 0.269 e. The van der Waals surface area contributed by atoms with E-state index in [1.165, 1.54) is 0 Å². The maximum absolute atomic E-state index is 12.3. The lowest BCUT2D eigenvalue weighted by Gasteiger charge is -2.12. The van der Waals surface area contributed by atoms with Crippen molar-refractivity contribution in [3.63, 3.8) is 0 Å². The third kappa shape index (κ3) is 4.34. The van der Waals surface area contributed by atoms with Gasteiger partial charge in [0.15, 0.2) is 0 Å². The Hall–Kier alpha value is -2.67. The molecule has 0 aliphatic heterocycles. The molecule has 1 amide bonds. The van der Waals surface area contributed by atoms with Crippen molar-refractivity contribution in [2.45, 2.75) is 0 Å². The molecule has 5 nitrogen and oxygen atoms in total. The van der Waals surface area contributed by atoms with Crippen LogP contribution >= 0.6 is 39.1 Å². The van der Waals surface area contributed by atoms with Crippen LogP contribution in [0.25, 0.3) is 22.2 Å². The fourth-order valence-corrected chi connectivity index (χ4v) is 3.51. The van der Waals surface area contributed by atoms with Crippen molar-refractivity contribution in [2.75, 3.05) is 5.43 Å². The standard InChI is InChI=1S/C21H13BrCl2N4O/c22-13-7-10-18-16(11-13)19(15-3-1-2-4-17(15)24)26-21(25-18)28-27-20(29)12-5-8-14(23)9-6-12/h1-11H,(H,27,29)(H,25,26,28). The van der Waals surface area contributed by atoms with Gasteiger partial charge in [-0.1, -0.05) is 57.3 Å². The highest BCUT2D eigenvalue weighted by atomic mass is 79.9. The van der Waals surface area contributed by atoms with E-state index in [0.29, 0.717) is 26.8 Å². The van der Waals surface area contributed by atoms with Gasteiger partial charge in [0.1, 0.15) is 0 Å². The van der Waals surface area contributed by atoms with Gasteiger partial charge in [0.05, 0.1) is 11.2 Å². The van der Waals surface area contributed by atoms with Gasteiger partial charge in [-0.25, -0.2) is 9.97 Å². The molecular formula is C21H13BrCl2N4O. The smallest absolute Gasteiger partial charge is 0.267 e. The zero-order chi connectivity index (χ0) is 20.4. The third-order valence-corrected chi connectivity index (χ3v) is 5.26. The van der Waals surface area contributed by atoms with E-state index in [4.69, 9.17) is 23.2 Å². The lowest BCUT2D eigenvalue weighted by atomic mass is 10.1. The highest BCUT2D eigenvalue weighted by Crippen LogP contribution is 2.33. The van der Waals surface area contributed by atoms with Crippen LogP contribution in [-0.4, -0.2) is 15.9 Å². The monoisotopic (exact) mass is 486 g/mol. The normalized spacial score (nSPS) is 10.7. The molecule has 2 N–H and O–H groups in total. The van der Waals surface area contributed by atoms with Crippen LogP contribution in [0.3, 0.4) is 0 Å². The van der Waals surface area contributed by atoms with E-state index in [0.717, 1.165) is 15.4 Å². The van der Waals surface area contributed by atoms with Gasteiger partial charge in [0.25, 0.3) is 5.91 Å². The van der Waals surface area contributed by atoms with E-state index < -0.39 is 0 Å². The average Bonchev–Trinajstić information content (AvgIpc) is 2.72. The van der Waals surface area contributed by atoms with Crippen molar-refractivity contribution in [3.05, 3.63) is 86.8 Å². The first-order chi connectivity index (χ1) is 14.0. The minimum absolute atomic E-state index is 0.247. The van der Waals surface area contributed by atoms with E-state index in [-0.39, 0.29) is 11.9 Å². The van der Waals surface area contributed by atoms with Crippen molar-refractivity contribution < 1.29 is 4.79 Å². The summed E-state index contributed by atoms with van der Waals surface area (Å²) in [6, 6.07) is 19.7. The average molecular weight is 488 g/mol. The molecule has 1 aromatic heterocycles. The van der Waals surface area contributed by atoms with Crippen molar-refractivity contribution >= 4 is 61.9 Å². The van der Waals surface area contributed by atoms with Gasteiger partial charge in [-0.2, -0.15) is 0 Å². The number of fused-ring (bicyclic) bond motifs is 1. The predicted octanol–water partition coefficient (Wildman–Crippen LogP) is 6.12. The topological polar surface area (TPSA) is 66.9 Å². The zero-order valence-electron chi connectivity index (χ0n) is 14.8. The van der Waals surface area contributed by atoms with E-state index in [9.17, 15) is 4.79 Å². The van der Waals surface area contributed by atoms with Crippen LogP contribution in [0.1, 0.15) is 10.4 Å². The van der Waals surface area contributed by atoms with E-state index in [1.807, 2.05) is 36.4 Å². The molecule has 0 fully saturated rings. The zero-order valence-corrected chi connectivity index (χ0v) is 17.9. The van der Waals surface area contributed by atoms with Gasteiger partial charge in [0, 0.05) is 31.0 Å². The molecule has 4 aromatic rings. The third-order valence-electron chi connectivity index (χ3n) is 4.18. The lowest BCUT2D eigenvalue weighted by Crippen LogP contribution is -2.30. The summed E-state index contributed by atoms with van der Waals surface area (Å²) >= 11 is 15.7. The van der Waals surface area contributed by atoms with Crippen molar-refractivity contribution in [1.29, 1.82) is 0 Å². The van der Waals surface area contributed by atoms with Gasteiger partial charge < -0.3 is 0 Å². The fourth-order valence-electron chi connectivity index (χ4n) is 2.80. The summed E-state index contributed by atoms with van der Waals surface area (Å²) in [4.78, 5) is 21.4. The Bertz CT molecular complexity index is 1220. The molecule has 0 spiro atoms. The van der Waals surface area contributed by atoms with Crippen molar-refractivity contribution in [2.24, 2.45) is 0 Å². The maximum atomic E-state index is 12.3. The molecule has 144 valence electrons. The van der Waals surface area contributed by atoms with E-state index >= 15 is 0 Å². The summed E-state index contributed by atoms with van der Waals surface area (Å²) in [5.41, 5.74) is 7.98. The molecule has 29 heavy (non-hydrogen) atoms. The second-order valence-electron chi connectivity index (χ2n) is 6.12. The molecule has 0 unspecified atom stereocenters. The van der Waals surface area contributed by atoms with Crippen LogP contribution in [0.15, 0.2) is 71.2 Å². The molecular weight excluding hydrogens is 475 g/mol. The largest absolute Gasteiger partial charge is 0.269 e. The number of nitrogens with one attached hydrogen (secondary N) is 2. The Kier molecular flexibility index (Phi) is 5.67. The minimum Gasteiger partial charge on any atom is -0.267 e. The van der Waals surface area contributed by atoms with E-state index in [2.05, 4.69) is 36.7 Å². The number of hydrogen-bond acceptors (Lipinski definition) is 4. The second kappa shape index (κ2) is 8.37. The van der Waals surface area contributed by atoms with Crippen LogP contribution in [0.5, 0.6) is 0 Å². The summed E-state index contributed by atoms with van der Waals surface area (Å²) in [5, 5.41) is 1.97. The highest BCUT2D eigenvalue weighted by molar-refractivity contribution is 9.10. The molecule has 0 saturated carbocycles. The van der Waals surface area contributed by atoms with Crippen LogP contribution in [-0.2, 0) is 0 Å². The Morgan fingerprint density at radius 2 is 1.69 bits per heavy atom.